The van der Waals surface area contributed by atoms with Gasteiger partial charge in [-0.3, -0.25) is 14.6 Å². The van der Waals surface area contributed by atoms with Crippen LogP contribution in [0.3, 0.4) is 0 Å². The van der Waals surface area contributed by atoms with Gasteiger partial charge in [-0.25, -0.2) is 9.78 Å². The van der Waals surface area contributed by atoms with Gasteiger partial charge < -0.3 is 10.2 Å². The van der Waals surface area contributed by atoms with E-state index in [1.54, 1.807) is 29.2 Å². The number of aromatic amines is 1. The molecule has 23 heavy (non-hydrogen) atoms. The van der Waals surface area contributed by atoms with E-state index in [-0.39, 0.29) is 30.6 Å². The summed E-state index contributed by atoms with van der Waals surface area (Å²) < 4.78 is 0. The summed E-state index contributed by atoms with van der Waals surface area (Å²) in [5.74, 6) is -0.686. The van der Waals surface area contributed by atoms with Crippen molar-refractivity contribution in [1.29, 1.82) is 0 Å². The van der Waals surface area contributed by atoms with Crippen LogP contribution in [0.2, 0.25) is 5.02 Å². The fourth-order valence-electron chi connectivity index (χ4n) is 2.43. The summed E-state index contributed by atoms with van der Waals surface area (Å²) in [6, 6.07) is 8.34. The van der Waals surface area contributed by atoms with Crippen LogP contribution >= 0.6 is 11.6 Å². The van der Waals surface area contributed by atoms with Gasteiger partial charge in [-0.1, -0.05) is 11.6 Å². The maximum Gasteiger partial charge on any atom is 0.346 e. The summed E-state index contributed by atoms with van der Waals surface area (Å²) in [6.07, 6.45) is 1.41. The van der Waals surface area contributed by atoms with Gasteiger partial charge >= 0.3 is 5.69 Å². The number of anilines is 2. The number of nitrogens with zero attached hydrogens (tertiary/aromatic N) is 2. The predicted octanol–water partition coefficient (Wildman–Crippen LogP) is 1.41. The maximum absolute atomic E-state index is 12.2. The quantitative estimate of drug-likeness (QED) is 0.888. The molecule has 2 N–H and O–H groups in total. The van der Waals surface area contributed by atoms with E-state index in [1.165, 1.54) is 12.3 Å². The van der Waals surface area contributed by atoms with Gasteiger partial charge in [0.1, 0.15) is 5.82 Å². The molecule has 2 heterocycles. The van der Waals surface area contributed by atoms with Crippen molar-refractivity contribution < 1.29 is 9.59 Å². The van der Waals surface area contributed by atoms with Gasteiger partial charge in [0, 0.05) is 29.9 Å². The number of hydrogen-bond donors (Lipinski definition) is 2. The summed E-state index contributed by atoms with van der Waals surface area (Å²) in [7, 11) is 0. The highest BCUT2D eigenvalue weighted by molar-refractivity contribution is 6.30. The number of aromatic nitrogens is 2. The Bertz CT molecular complexity index is 803. The van der Waals surface area contributed by atoms with Gasteiger partial charge in [-0.15, -0.1) is 0 Å². The molecular formula is C15H13ClN4O3. The minimum atomic E-state index is -0.548. The fraction of sp³-hybridized carbons (Fsp3) is 0.200. The van der Waals surface area contributed by atoms with Gasteiger partial charge in [-0.05, 0) is 30.3 Å². The third-order valence-electron chi connectivity index (χ3n) is 3.57. The van der Waals surface area contributed by atoms with Crippen LogP contribution in [0.15, 0.2) is 41.3 Å². The molecule has 7 nitrogen and oxygen atoms in total. The van der Waals surface area contributed by atoms with Crippen LogP contribution in [0.25, 0.3) is 0 Å². The average Bonchev–Trinajstić information content (AvgIpc) is 2.90. The number of halogens is 1. The lowest BCUT2D eigenvalue weighted by Crippen LogP contribution is -2.28. The fourth-order valence-corrected chi connectivity index (χ4v) is 2.56. The smallest absolute Gasteiger partial charge is 0.312 e. The largest absolute Gasteiger partial charge is 0.346 e. The molecule has 1 aliphatic rings. The summed E-state index contributed by atoms with van der Waals surface area (Å²) in [6.45, 7) is 0.279. The average molecular weight is 333 g/mol. The molecule has 0 radical (unpaired) electrons. The Labute approximate surface area is 136 Å². The number of amides is 2. The zero-order chi connectivity index (χ0) is 16.4. The van der Waals surface area contributed by atoms with Crippen molar-refractivity contribution >= 4 is 34.9 Å². The van der Waals surface area contributed by atoms with Crippen LogP contribution in [0.1, 0.15) is 6.42 Å². The molecule has 2 aromatic rings. The topological polar surface area (TPSA) is 95.2 Å². The molecule has 2 amide bonds. The van der Waals surface area contributed by atoms with E-state index in [0.29, 0.717) is 10.7 Å². The summed E-state index contributed by atoms with van der Waals surface area (Å²) >= 11 is 5.84. The Hall–Kier alpha value is -2.67. The molecule has 1 atom stereocenters. The van der Waals surface area contributed by atoms with Crippen molar-refractivity contribution in [2.75, 3.05) is 16.8 Å². The molecule has 1 fully saturated rings. The molecule has 1 aliphatic heterocycles. The van der Waals surface area contributed by atoms with E-state index >= 15 is 0 Å². The summed E-state index contributed by atoms with van der Waals surface area (Å²) in [5.41, 5.74) is 0.153. The van der Waals surface area contributed by atoms with Crippen molar-refractivity contribution in [2.45, 2.75) is 6.42 Å². The normalized spacial score (nSPS) is 17.3. The van der Waals surface area contributed by atoms with E-state index in [9.17, 15) is 14.4 Å². The van der Waals surface area contributed by atoms with E-state index < -0.39 is 11.6 Å². The molecule has 1 aromatic heterocycles. The van der Waals surface area contributed by atoms with Gasteiger partial charge in [0.15, 0.2) is 0 Å². The van der Waals surface area contributed by atoms with Crippen LogP contribution < -0.4 is 15.9 Å². The van der Waals surface area contributed by atoms with Gasteiger partial charge in [0.25, 0.3) is 0 Å². The highest BCUT2D eigenvalue weighted by atomic mass is 35.5. The monoisotopic (exact) mass is 332 g/mol. The number of carbonyl (C=O) groups excluding carboxylic acids is 2. The summed E-state index contributed by atoms with van der Waals surface area (Å²) in [4.78, 5) is 42.9. The minimum absolute atomic E-state index is 0.115. The molecule has 1 saturated heterocycles. The number of nitrogens with one attached hydrogen (secondary N) is 2. The molecule has 118 valence electrons. The lowest BCUT2D eigenvalue weighted by Gasteiger charge is -2.16. The third-order valence-corrected chi connectivity index (χ3v) is 3.82. The predicted molar refractivity (Wildman–Crippen MR) is 85.4 cm³/mol. The number of benzene rings is 1. The van der Waals surface area contributed by atoms with Crippen molar-refractivity contribution in [3.05, 3.63) is 52.0 Å². The Morgan fingerprint density at radius 2 is 2.00 bits per heavy atom. The second-order valence-corrected chi connectivity index (χ2v) is 5.60. The van der Waals surface area contributed by atoms with Crippen LogP contribution in [-0.4, -0.2) is 28.3 Å². The van der Waals surface area contributed by atoms with E-state index in [4.69, 9.17) is 11.6 Å². The van der Waals surface area contributed by atoms with Gasteiger partial charge in [0.05, 0.1) is 5.92 Å². The van der Waals surface area contributed by atoms with Gasteiger partial charge in [-0.2, -0.15) is 0 Å². The molecule has 8 heteroatoms. The molecule has 1 unspecified atom stereocenters. The van der Waals surface area contributed by atoms with Crippen molar-refractivity contribution in [1.82, 2.24) is 9.97 Å². The Balaban J connectivity index is 1.70. The van der Waals surface area contributed by atoms with Gasteiger partial charge in [0.2, 0.25) is 11.8 Å². The highest BCUT2D eigenvalue weighted by Gasteiger charge is 2.35. The molecule has 0 spiro atoms. The van der Waals surface area contributed by atoms with E-state index in [2.05, 4.69) is 15.3 Å². The van der Waals surface area contributed by atoms with Crippen LogP contribution in [0.5, 0.6) is 0 Å². The molecule has 1 aromatic carbocycles. The zero-order valence-electron chi connectivity index (χ0n) is 12.0. The second-order valence-electron chi connectivity index (χ2n) is 5.16. The lowest BCUT2D eigenvalue weighted by atomic mass is 10.1. The first-order valence-corrected chi connectivity index (χ1v) is 7.33. The Kier molecular flexibility index (Phi) is 4.12. The third kappa shape index (κ3) is 3.40. The number of carbonyl (C=O) groups is 2. The molecular weight excluding hydrogens is 320 g/mol. The van der Waals surface area contributed by atoms with Crippen LogP contribution in [0, 0.1) is 5.92 Å². The molecule has 0 bridgehead atoms. The van der Waals surface area contributed by atoms with E-state index in [0.717, 1.165) is 0 Å². The van der Waals surface area contributed by atoms with E-state index in [1.807, 2.05) is 0 Å². The second kappa shape index (κ2) is 6.21. The lowest BCUT2D eigenvalue weighted by molar-refractivity contribution is -0.122. The Morgan fingerprint density at radius 3 is 2.70 bits per heavy atom. The standard InChI is InChI=1S/C15H13ClN4O3/c16-10-1-3-11(4-2-10)20-8-9(7-13(20)21)14(22)18-12-5-6-17-15(23)19-12/h1-6,9H,7-8H2,(H2,17,18,19,22,23). The maximum atomic E-state index is 12.2. The summed E-state index contributed by atoms with van der Waals surface area (Å²) in [5, 5.41) is 3.17. The SMILES string of the molecule is O=C(Nc1ccnc(=O)[nH]1)C1CC(=O)N(c2ccc(Cl)cc2)C1. The van der Waals surface area contributed by atoms with Crippen molar-refractivity contribution in [2.24, 2.45) is 5.92 Å². The highest BCUT2D eigenvalue weighted by Crippen LogP contribution is 2.26. The van der Waals surface area contributed by atoms with Crippen molar-refractivity contribution in [3.63, 3.8) is 0 Å². The van der Waals surface area contributed by atoms with Crippen LogP contribution in [0.4, 0.5) is 11.5 Å². The first kappa shape index (κ1) is 15.2. The Morgan fingerprint density at radius 1 is 1.26 bits per heavy atom. The number of hydrogen-bond acceptors (Lipinski definition) is 4. The van der Waals surface area contributed by atoms with Crippen molar-refractivity contribution in [3.8, 4) is 0 Å². The molecule has 3 rings (SSSR count). The first-order chi connectivity index (χ1) is 11.0. The minimum Gasteiger partial charge on any atom is -0.312 e. The first-order valence-electron chi connectivity index (χ1n) is 6.95. The number of H-pyrrole nitrogens is 1. The molecule has 0 aliphatic carbocycles. The van der Waals surface area contributed by atoms with Crippen LogP contribution in [-0.2, 0) is 9.59 Å². The molecule has 0 saturated carbocycles. The number of rotatable bonds is 3. The zero-order valence-corrected chi connectivity index (χ0v) is 12.7.